The zero-order chi connectivity index (χ0) is 29.8. The normalized spacial score (nSPS) is 13.2. The maximum Gasteiger partial charge on any atom is 0.573 e. The predicted octanol–water partition coefficient (Wildman–Crippen LogP) is 4.98. The molecule has 0 saturated carbocycles. The molecule has 1 atom stereocenters. The smallest absolute Gasteiger partial charge is 0.492 e. The molecular weight excluding hydrogens is 582 g/mol. The third kappa shape index (κ3) is 8.02. The van der Waals surface area contributed by atoms with Gasteiger partial charge in [0.05, 0.1) is 16.5 Å². The maximum absolute atomic E-state index is 13.0. The van der Waals surface area contributed by atoms with Crippen molar-refractivity contribution in [1.29, 1.82) is 0 Å². The summed E-state index contributed by atoms with van der Waals surface area (Å²) in [5.41, 5.74) is -0.445. The molecule has 0 aliphatic heterocycles. The van der Waals surface area contributed by atoms with Gasteiger partial charge in [-0.15, -0.1) is 13.2 Å². The molecule has 1 aromatic heterocycles. The molecule has 4 rings (SSSR count). The molecule has 0 aliphatic rings. The molecule has 0 radical (unpaired) electrons. The van der Waals surface area contributed by atoms with Gasteiger partial charge >= 0.3 is 12.5 Å². The molecule has 0 amide bonds. The van der Waals surface area contributed by atoms with Gasteiger partial charge in [-0.05, 0) is 42.0 Å². The first kappa shape index (κ1) is 30.0. The van der Waals surface area contributed by atoms with Crippen LogP contribution in [-0.4, -0.2) is 49.8 Å². The van der Waals surface area contributed by atoms with Crippen LogP contribution in [0.1, 0.15) is 17.4 Å². The van der Waals surface area contributed by atoms with Crippen LogP contribution >= 0.6 is 0 Å². The number of aromatic amines is 1. The van der Waals surface area contributed by atoms with Crippen LogP contribution in [0.3, 0.4) is 0 Å². The third-order valence-corrected chi connectivity index (χ3v) is 6.95. The topological polar surface area (TPSA) is 126 Å². The predicted molar refractivity (Wildman–Crippen MR) is 135 cm³/mol. The lowest BCUT2D eigenvalue weighted by atomic mass is 10.1. The van der Waals surface area contributed by atoms with Crippen molar-refractivity contribution < 1.29 is 49.3 Å². The molecule has 0 aliphatic carbocycles. The second-order valence-corrected chi connectivity index (χ2v) is 10.3. The Morgan fingerprint density at radius 3 is 2.44 bits per heavy atom. The van der Waals surface area contributed by atoms with Crippen molar-refractivity contribution in [2.45, 2.75) is 23.5 Å². The largest absolute Gasteiger partial charge is 0.573 e. The first-order valence-electron chi connectivity index (χ1n) is 11.8. The summed E-state index contributed by atoms with van der Waals surface area (Å²) in [7, 11) is -4.28. The fourth-order valence-electron chi connectivity index (χ4n) is 3.76. The molecule has 0 unspecified atom stereocenters. The van der Waals surface area contributed by atoms with Crippen LogP contribution in [0.4, 0.5) is 32.0 Å². The van der Waals surface area contributed by atoms with Crippen molar-refractivity contribution in [2.75, 3.05) is 24.4 Å². The Morgan fingerprint density at radius 1 is 0.951 bits per heavy atom. The molecule has 220 valence electrons. The Labute approximate surface area is 229 Å². The van der Waals surface area contributed by atoms with E-state index in [-0.39, 0.29) is 36.3 Å². The minimum atomic E-state index is -4.99. The summed E-state index contributed by atoms with van der Waals surface area (Å²) in [6, 6.07) is 13.7. The van der Waals surface area contributed by atoms with Gasteiger partial charge in [0, 0.05) is 36.3 Å². The van der Waals surface area contributed by atoms with Crippen LogP contribution in [-0.2, 0) is 16.2 Å². The number of H-pyrrole nitrogens is 1. The van der Waals surface area contributed by atoms with Gasteiger partial charge in [-0.1, -0.05) is 18.2 Å². The molecule has 3 aromatic carbocycles. The number of rotatable bonds is 11. The number of alkyl halides is 6. The SMILES string of the molecule is O=S(=O)(Nc1cccc([C@@H](O)CNCCOc2ccc3c(C(F)(F)F)[nH]nc3c2)c1)c1cccc(OC(F)(F)F)c1. The van der Waals surface area contributed by atoms with Gasteiger partial charge in [0.15, 0.2) is 0 Å². The average Bonchev–Trinajstić information content (AvgIpc) is 3.31. The fraction of sp³-hybridized carbons (Fsp3) is 0.240. The number of aliphatic hydroxyl groups is 1. The Bertz CT molecular complexity index is 1610. The van der Waals surface area contributed by atoms with Crippen LogP contribution in [0, 0.1) is 0 Å². The van der Waals surface area contributed by atoms with Crippen molar-refractivity contribution >= 4 is 26.6 Å². The van der Waals surface area contributed by atoms with Crippen molar-refractivity contribution in [3.63, 3.8) is 0 Å². The van der Waals surface area contributed by atoms with E-state index in [1.807, 2.05) is 5.10 Å². The van der Waals surface area contributed by atoms with Crippen LogP contribution in [0.25, 0.3) is 10.9 Å². The monoisotopic (exact) mass is 604 g/mol. The number of ether oxygens (including phenoxy) is 2. The first-order chi connectivity index (χ1) is 19.2. The summed E-state index contributed by atoms with van der Waals surface area (Å²) in [4.78, 5) is -0.459. The van der Waals surface area contributed by atoms with E-state index in [1.54, 1.807) is 6.07 Å². The Kier molecular flexibility index (Phi) is 8.65. The number of nitrogens with one attached hydrogen (secondary N) is 3. The maximum atomic E-state index is 13.0. The van der Waals surface area contributed by atoms with Crippen LogP contribution < -0.4 is 19.5 Å². The molecule has 0 saturated heterocycles. The molecule has 0 spiro atoms. The van der Waals surface area contributed by atoms with Crippen molar-refractivity contribution in [1.82, 2.24) is 15.5 Å². The highest BCUT2D eigenvalue weighted by molar-refractivity contribution is 7.92. The van der Waals surface area contributed by atoms with E-state index < -0.39 is 45.0 Å². The Morgan fingerprint density at radius 2 is 1.71 bits per heavy atom. The average molecular weight is 605 g/mol. The van der Waals surface area contributed by atoms with Gasteiger partial charge in [0.2, 0.25) is 0 Å². The Hall–Kier alpha value is -4.02. The van der Waals surface area contributed by atoms with E-state index in [0.717, 1.165) is 24.3 Å². The number of sulfonamides is 1. The zero-order valence-corrected chi connectivity index (χ0v) is 21.6. The number of hydrogen-bond acceptors (Lipinski definition) is 7. The quantitative estimate of drug-likeness (QED) is 0.141. The minimum absolute atomic E-state index is 0.0454. The number of hydrogen-bond donors (Lipinski definition) is 4. The van der Waals surface area contributed by atoms with E-state index in [9.17, 15) is 39.9 Å². The van der Waals surface area contributed by atoms with Crippen molar-refractivity contribution in [3.8, 4) is 11.5 Å². The number of fused-ring (bicyclic) bond motifs is 1. The molecular formula is C25H22F6N4O5S. The minimum Gasteiger partial charge on any atom is -0.492 e. The number of benzene rings is 3. The van der Waals surface area contributed by atoms with Gasteiger partial charge in [0.25, 0.3) is 10.0 Å². The second-order valence-electron chi connectivity index (χ2n) is 8.60. The lowest BCUT2D eigenvalue weighted by Crippen LogP contribution is -2.26. The van der Waals surface area contributed by atoms with E-state index in [2.05, 4.69) is 19.9 Å². The first-order valence-corrected chi connectivity index (χ1v) is 13.2. The molecule has 4 N–H and O–H groups in total. The van der Waals surface area contributed by atoms with E-state index >= 15 is 0 Å². The molecule has 41 heavy (non-hydrogen) atoms. The number of aromatic nitrogens is 2. The second kappa shape index (κ2) is 11.8. The highest BCUT2D eigenvalue weighted by atomic mass is 32.2. The van der Waals surface area contributed by atoms with E-state index in [1.165, 1.54) is 36.4 Å². The van der Waals surface area contributed by atoms with Gasteiger partial charge in [-0.3, -0.25) is 9.82 Å². The molecule has 0 fully saturated rings. The van der Waals surface area contributed by atoms with Crippen molar-refractivity contribution in [3.05, 3.63) is 78.0 Å². The summed E-state index contributed by atoms with van der Waals surface area (Å²) in [5, 5.41) is 19.0. The molecule has 1 heterocycles. The lowest BCUT2D eigenvalue weighted by molar-refractivity contribution is -0.274. The van der Waals surface area contributed by atoms with Gasteiger partial charge in [0.1, 0.15) is 23.8 Å². The lowest BCUT2D eigenvalue weighted by Gasteiger charge is -2.15. The summed E-state index contributed by atoms with van der Waals surface area (Å²) in [5.74, 6) is -0.396. The van der Waals surface area contributed by atoms with Crippen LogP contribution in [0.5, 0.6) is 11.5 Å². The van der Waals surface area contributed by atoms with E-state index in [0.29, 0.717) is 11.3 Å². The molecule has 9 nitrogen and oxygen atoms in total. The molecule has 0 bridgehead atoms. The summed E-state index contributed by atoms with van der Waals surface area (Å²) >= 11 is 0. The third-order valence-electron chi connectivity index (χ3n) is 5.57. The van der Waals surface area contributed by atoms with Gasteiger partial charge < -0.3 is 19.9 Å². The number of halogens is 6. The summed E-state index contributed by atoms with van der Waals surface area (Å²) in [6.07, 6.45) is -10.6. The van der Waals surface area contributed by atoms with E-state index in [4.69, 9.17) is 4.74 Å². The van der Waals surface area contributed by atoms with Gasteiger partial charge in [-0.25, -0.2) is 8.42 Å². The fourth-order valence-corrected chi connectivity index (χ4v) is 4.84. The highest BCUT2D eigenvalue weighted by Crippen LogP contribution is 2.34. The number of aliphatic hydroxyl groups excluding tert-OH is 1. The number of anilines is 1. The highest BCUT2D eigenvalue weighted by Gasteiger charge is 2.35. The summed E-state index contributed by atoms with van der Waals surface area (Å²) < 4.78 is 113. The van der Waals surface area contributed by atoms with Crippen molar-refractivity contribution in [2.24, 2.45) is 0 Å². The van der Waals surface area contributed by atoms with Crippen LogP contribution in [0.2, 0.25) is 0 Å². The number of nitrogens with zero attached hydrogens (tertiary/aromatic N) is 1. The van der Waals surface area contributed by atoms with Crippen LogP contribution in [0.15, 0.2) is 71.6 Å². The van der Waals surface area contributed by atoms with Gasteiger partial charge in [-0.2, -0.15) is 18.3 Å². The molecule has 4 aromatic rings. The Balaban J connectivity index is 1.29. The zero-order valence-electron chi connectivity index (χ0n) is 20.8. The molecule has 16 heteroatoms. The summed E-state index contributed by atoms with van der Waals surface area (Å²) in [6.45, 7) is 0.418. The standard InChI is InChI=1S/C25H22F6N4O5S/c26-24(27,28)23-20-8-7-17(13-21(20)33-34-23)39-10-9-32-14-22(36)15-3-1-4-16(11-15)35-41(37,38)19-6-2-5-18(12-19)40-25(29,30)31/h1-8,11-13,22,32,35-36H,9-10,14H2,(H,33,34)/t22-/m0/s1.